The van der Waals surface area contributed by atoms with Gasteiger partial charge in [-0.15, -0.1) is 0 Å². The number of hydrogen-bond acceptors (Lipinski definition) is 3. The molecule has 0 spiro atoms. The van der Waals surface area contributed by atoms with Crippen LogP contribution in [0.3, 0.4) is 0 Å². The zero-order chi connectivity index (χ0) is 15.4. The Hall–Kier alpha value is -2.95. The van der Waals surface area contributed by atoms with Crippen molar-refractivity contribution in [3.05, 3.63) is 54.9 Å². The molecule has 110 valence electrons. The lowest BCUT2D eigenvalue weighted by atomic mass is 10.1. The van der Waals surface area contributed by atoms with Gasteiger partial charge in [-0.3, -0.25) is 10.3 Å². The van der Waals surface area contributed by atoms with Crippen LogP contribution in [-0.4, -0.2) is 22.5 Å². The minimum absolute atomic E-state index is 0.262. The summed E-state index contributed by atoms with van der Waals surface area (Å²) in [5.41, 5.74) is 1.72. The SMILES string of the molecule is CCNC(=O)Nc1cc2ccccc2c(-c2cccnc2)n1. The summed E-state index contributed by atoms with van der Waals surface area (Å²) < 4.78 is 0. The number of aromatic nitrogens is 2. The second kappa shape index (κ2) is 6.22. The van der Waals surface area contributed by atoms with E-state index in [-0.39, 0.29) is 6.03 Å². The van der Waals surface area contributed by atoms with Gasteiger partial charge in [0, 0.05) is 29.9 Å². The summed E-state index contributed by atoms with van der Waals surface area (Å²) >= 11 is 0. The average Bonchev–Trinajstić information content (AvgIpc) is 2.55. The molecule has 0 aliphatic heterocycles. The smallest absolute Gasteiger partial charge is 0.320 e. The van der Waals surface area contributed by atoms with Crippen molar-refractivity contribution in [3.8, 4) is 11.3 Å². The Morgan fingerprint density at radius 1 is 1.18 bits per heavy atom. The van der Waals surface area contributed by atoms with Gasteiger partial charge in [0.15, 0.2) is 0 Å². The third kappa shape index (κ3) is 2.88. The summed E-state index contributed by atoms with van der Waals surface area (Å²) in [6.45, 7) is 2.43. The number of hydrogen-bond donors (Lipinski definition) is 2. The van der Waals surface area contributed by atoms with Gasteiger partial charge in [-0.2, -0.15) is 0 Å². The Kier molecular flexibility index (Phi) is 3.96. The van der Waals surface area contributed by atoms with Gasteiger partial charge in [0.05, 0.1) is 5.69 Å². The molecule has 0 aliphatic carbocycles. The van der Waals surface area contributed by atoms with Crippen LogP contribution in [-0.2, 0) is 0 Å². The van der Waals surface area contributed by atoms with E-state index in [1.165, 1.54) is 0 Å². The first-order valence-corrected chi connectivity index (χ1v) is 7.13. The fourth-order valence-electron chi connectivity index (χ4n) is 2.31. The van der Waals surface area contributed by atoms with E-state index in [1.807, 2.05) is 49.4 Å². The van der Waals surface area contributed by atoms with Crippen molar-refractivity contribution in [2.45, 2.75) is 6.92 Å². The van der Waals surface area contributed by atoms with E-state index in [1.54, 1.807) is 12.4 Å². The van der Waals surface area contributed by atoms with Gasteiger partial charge in [-0.05, 0) is 30.5 Å². The zero-order valence-electron chi connectivity index (χ0n) is 12.2. The van der Waals surface area contributed by atoms with Crippen molar-refractivity contribution in [1.82, 2.24) is 15.3 Å². The maximum Gasteiger partial charge on any atom is 0.320 e. The quantitative estimate of drug-likeness (QED) is 0.777. The van der Waals surface area contributed by atoms with Gasteiger partial charge >= 0.3 is 6.03 Å². The van der Waals surface area contributed by atoms with Gasteiger partial charge in [0.25, 0.3) is 0 Å². The van der Waals surface area contributed by atoms with Crippen molar-refractivity contribution >= 4 is 22.6 Å². The summed E-state index contributed by atoms with van der Waals surface area (Å²) in [6, 6.07) is 13.4. The van der Waals surface area contributed by atoms with Crippen molar-refractivity contribution in [2.24, 2.45) is 0 Å². The summed E-state index contributed by atoms with van der Waals surface area (Å²) in [7, 11) is 0. The maximum atomic E-state index is 11.7. The number of carbonyl (C=O) groups excluding carboxylic acids is 1. The second-order valence-corrected chi connectivity index (χ2v) is 4.80. The van der Waals surface area contributed by atoms with Crippen molar-refractivity contribution < 1.29 is 4.79 Å². The Labute approximate surface area is 128 Å². The highest BCUT2D eigenvalue weighted by Gasteiger charge is 2.09. The summed E-state index contributed by atoms with van der Waals surface area (Å²) in [5, 5.41) is 7.50. The molecular formula is C17H16N4O. The van der Waals surface area contributed by atoms with Crippen LogP contribution >= 0.6 is 0 Å². The van der Waals surface area contributed by atoms with E-state index >= 15 is 0 Å². The molecule has 2 aromatic heterocycles. The molecule has 0 atom stereocenters. The van der Waals surface area contributed by atoms with E-state index in [2.05, 4.69) is 20.6 Å². The van der Waals surface area contributed by atoms with Gasteiger partial charge in [-0.25, -0.2) is 9.78 Å². The number of fused-ring (bicyclic) bond motifs is 1. The lowest BCUT2D eigenvalue weighted by Gasteiger charge is -2.10. The first kappa shape index (κ1) is 14.0. The lowest BCUT2D eigenvalue weighted by Crippen LogP contribution is -2.28. The fourth-order valence-corrected chi connectivity index (χ4v) is 2.31. The highest BCUT2D eigenvalue weighted by atomic mass is 16.2. The standard InChI is InChI=1S/C17H16N4O/c1-2-19-17(22)21-15-10-12-6-3-4-8-14(12)16(20-15)13-7-5-9-18-11-13/h3-11H,2H2,1H3,(H2,19,20,21,22). The molecule has 5 heteroatoms. The van der Waals surface area contributed by atoms with Crippen LogP contribution in [0.25, 0.3) is 22.0 Å². The molecule has 2 N–H and O–H groups in total. The Bertz CT molecular complexity index is 802. The second-order valence-electron chi connectivity index (χ2n) is 4.80. The number of urea groups is 1. The number of nitrogens with one attached hydrogen (secondary N) is 2. The van der Waals surface area contributed by atoms with E-state index in [0.717, 1.165) is 22.0 Å². The number of amides is 2. The first-order chi connectivity index (χ1) is 10.8. The average molecular weight is 292 g/mol. The molecular weight excluding hydrogens is 276 g/mol. The first-order valence-electron chi connectivity index (χ1n) is 7.13. The van der Waals surface area contributed by atoms with E-state index in [9.17, 15) is 4.79 Å². The number of nitrogens with zero attached hydrogens (tertiary/aromatic N) is 2. The van der Waals surface area contributed by atoms with Crippen LogP contribution in [0.1, 0.15) is 6.92 Å². The summed E-state index contributed by atoms with van der Waals surface area (Å²) in [4.78, 5) is 20.5. The van der Waals surface area contributed by atoms with Crippen molar-refractivity contribution in [3.63, 3.8) is 0 Å². The molecule has 0 aliphatic rings. The molecule has 3 rings (SSSR count). The Morgan fingerprint density at radius 3 is 2.82 bits per heavy atom. The molecule has 2 heterocycles. The largest absolute Gasteiger partial charge is 0.338 e. The molecule has 3 aromatic rings. The van der Waals surface area contributed by atoms with Gasteiger partial charge < -0.3 is 5.32 Å². The third-order valence-corrected chi connectivity index (χ3v) is 3.25. The Balaban J connectivity index is 2.11. The minimum atomic E-state index is -0.262. The van der Waals surface area contributed by atoms with E-state index < -0.39 is 0 Å². The predicted molar refractivity (Wildman–Crippen MR) is 87.7 cm³/mol. The number of anilines is 1. The maximum absolute atomic E-state index is 11.7. The monoisotopic (exact) mass is 292 g/mol. The molecule has 0 saturated carbocycles. The molecule has 0 bridgehead atoms. The number of rotatable bonds is 3. The summed E-state index contributed by atoms with van der Waals surface area (Å²) in [6.07, 6.45) is 3.49. The molecule has 0 unspecified atom stereocenters. The predicted octanol–water partition coefficient (Wildman–Crippen LogP) is 3.44. The molecule has 5 nitrogen and oxygen atoms in total. The molecule has 0 radical (unpaired) electrons. The van der Waals surface area contributed by atoms with Crippen LogP contribution in [0.5, 0.6) is 0 Å². The molecule has 0 saturated heterocycles. The van der Waals surface area contributed by atoms with Crippen LogP contribution in [0.2, 0.25) is 0 Å². The Morgan fingerprint density at radius 2 is 2.05 bits per heavy atom. The van der Waals surface area contributed by atoms with Crippen LogP contribution in [0, 0.1) is 0 Å². The zero-order valence-corrected chi connectivity index (χ0v) is 12.2. The topological polar surface area (TPSA) is 66.9 Å². The fraction of sp³-hybridized carbons (Fsp3) is 0.118. The summed E-state index contributed by atoms with van der Waals surface area (Å²) in [5.74, 6) is 0.517. The van der Waals surface area contributed by atoms with Crippen molar-refractivity contribution in [2.75, 3.05) is 11.9 Å². The molecule has 0 fully saturated rings. The molecule has 22 heavy (non-hydrogen) atoms. The number of carbonyl (C=O) groups is 1. The van der Waals surface area contributed by atoms with Crippen LogP contribution in [0.4, 0.5) is 10.6 Å². The number of benzene rings is 1. The minimum Gasteiger partial charge on any atom is -0.338 e. The normalized spacial score (nSPS) is 10.4. The van der Waals surface area contributed by atoms with E-state index in [0.29, 0.717) is 12.4 Å². The third-order valence-electron chi connectivity index (χ3n) is 3.25. The highest BCUT2D eigenvalue weighted by molar-refractivity contribution is 5.98. The molecule has 2 amide bonds. The van der Waals surface area contributed by atoms with Crippen molar-refractivity contribution in [1.29, 1.82) is 0 Å². The van der Waals surface area contributed by atoms with Gasteiger partial charge in [0.1, 0.15) is 5.82 Å². The molecule has 1 aromatic carbocycles. The van der Waals surface area contributed by atoms with Gasteiger partial charge in [-0.1, -0.05) is 24.3 Å². The van der Waals surface area contributed by atoms with Crippen LogP contribution < -0.4 is 10.6 Å². The highest BCUT2D eigenvalue weighted by Crippen LogP contribution is 2.28. The van der Waals surface area contributed by atoms with Crippen LogP contribution in [0.15, 0.2) is 54.9 Å². The van der Waals surface area contributed by atoms with E-state index in [4.69, 9.17) is 0 Å². The lowest BCUT2D eigenvalue weighted by molar-refractivity contribution is 0.252. The number of pyridine rings is 2. The van der Waals surface area contributed by atoms with Gasteiger partial charge in [0.2, 0.25) is 0 Å².